The Morgan fingerprint density at radius 1 is 1.38 bits per heavy atom. The highest BCUT2D eigenvalue weighted by molar-refractivity contribution is 7.20. The van der Waals surface area contributed by atoms with Gasteiger partial charge in [-0.3, -0.25) is 9.48 Å². The number of nitrogens with zero attached hydrogens (tertiary/aromatic N) is 3. The van der Waals surface area contributed by atoms with Gasteiger partial charge >= 0.3 is 0 Å². The van der Waals surface area contributed by atoms with Gasteiger partial charge in [0.05, 0.1) is 23.7 Å². The van der Waals surface area contributed by atoms with E-state index in [9.17, 15) is 4.79 Å². The number of aromatic nitrogens is 2. The van der Waals surface area contributed by atoms with Crippen molar-refractivity contribution in [1.82, 2.24) is 20.0 Å². The molecule has 26 heavy (non-hydrogen) atoms. The number of carbonyl (C=O) groups is 1. The number of methoxy groups -OCH3 is 1. The van der Waals surface area contributed by atoms with Crippen LogP contribution in [0.25, 0.3) is 10.2 Å². The molecule has 0 radical (unpaired) electrons. The minimum atomic E-state index is -0.0552. The smallest absolute Gasteiger partial charge is 0.261 e. The van der Waals surface area contributed by atoms with Gasteiger partial charge in [0.1, 0.15) is 10.6 Å². The lowest BCUT2D eigenvalue weighted by molar-refractivity contribution is 0.0946. The first kappa shape index (κ1) is 18.4. The van der Waals surface area contributed by atoms with Crippen LogP contribution in [0, 0.1) is 6.92 Å². The second kappa shape index (κ2) is 7.47. The Bertz CT molecular complexity index is 894. The quantitative estimate of drug-likeness (QED) is 0.723. The van der Waals surface area contributed by atoms with E-state index >= 15 is 0 Å². The van der Waals surface area contributed by atoms with Crippen LogP contribution in [0.5, 0.6) is 5.75 Å². The third-order valence-electron chi connectivity index (χ3n) is 4.48. The van der Waals surface area contributed by atoms with Gasteiger partial charge in [-0.2, -0.15) is 5.10 Å². The van der Waals surface area contributed by atoms with E-state index in [0.717, 1.165) is 27.2 Å². The highest BCUT2D eigenvalue weighted by Gasteiger charge is 2.19. The summed E-state index contributed by atoms with van der Waals surface area (Å²) in [6.07, 6.45) is 0. The normalized spacial score (nSPS) is 12.5. The molecule has 0 aliphatic carbocycles. The Morgan fingerprint density at radius 3 is 2.81 bits per heavy atom. The van der Waals surface area contributed by atoms with Gasteiger partial charge in [-0.25, -0.2) is 0 Å². The summed E-state index contributed by atoms with van der Waals surface area (Å²) in [6.45, 7) is 2.48. The predicted octanol–water partition coefficient (Wildman–Crippen LogP) is 2.98. The van der Waals surface area contributed by atoms with Gasteiger partial charge in [0.2, 0.25) is 0 Å². The molecule has 0 aliphatic rings. The zero-order valence-electron chi connectivity index (χ0n) is 15.7. The van der Waals surface area contributed by atoms with Crippen molar-refractivity contribution in [2.45, 2.75) is 13.0 Å². The number of hydrogen-bond donors (Lipinski definition) is 1. The molecule has 2 heterocycles. The van der Waals surface area contributed by atoms with E-state index in [4.69, 9.17) is 4.74 Å². The zero-order valence-corrected chi connectivity index (χ0v) is 16.6. The minimum Gasteiger partial charge on any atom is -0.497 e. The second-order valence-electron chi connectivity index (χ2n) is 6.50. The average Bonchev–Trinajstić information content (AvgIpc) is 3.17. The molecule has 7 heteroatoms. The van der Waals surface area contributed by atoms with Crippen molar-refractivity contribution in [3.8, 4) is 5.75 Å². The van der Waals surface area contributed by atoms with E-state index in [-0.39, 0.29) is 11.9 Å². The number of thiophene rings is 1. The molecule has 0 bridgehead atoms. The highest BCUT2D eigenvalue weighted by atomic mass is 32.1. The lowest BCUT2D eigenvalue weighted by Gasteiger charge is -2.25. The van der Waals surface area contributed by atoms with Gasteiger partial charge in [0, 0.05) is 19.0 Å². The molecular formula is C19H24N4O2S. The van der Waals surface area contributed by atoms with E-state index in [2.05, 4.69) is 15.3 Å². The van der Waals surface area contributed by atoms with Crippen LogP contribution in [0.2, 0.25) is 0 Å². The van der Waals surface area contributed by atoms with Gasteiger partial charge in [0.25, 0.3) is 5.91 Å². The van der Waals surface area contributed by atoms with Crippen LogP contribution < -0.4 is 10.1 Å². The Labute approximate surface area is 157 Å². The first-order chi connectivity index (χ1) is 12.4. The van der Waals surface area contributed by atoms with Crippen molar-refractivity contribution in [3.63, 3.8) is 0 Å². The van der Waals surface area contributed by atoms with Crippen molar-refractivity contribution in [3.05, 3.63) is 46.5 Å². The third kappa shape index (κ3) is 3.59. The molecule has 138 valence electrons. The number of nitrogens with one attached hydrogen (secondary N) is 1. The minimum absolute atomic E-state index is 0.0552. The summed E-state index contributed by atoms with van der Waals surface area (Å²) in [5, 5.41) is 8.49. The first-order valence-corrected chi connectivity index (χ1v) is 9.24. The van der Waals surface area contributed by atoms with Crippen LogP contribution in [-0.2, 0) is 7.05 Å². The van der Waals surface area contributed by atoms with Crippen LogP contribution in [0.1, 0.15) is 27.0 Å². The zero-order chi connectivity index (χ0) is 18.8. The number of fused-ring (bicyclic) bond motifs is 1. The fraction of sp³-hybridized carbons (Fsp3) is 0.368. The maximum Gasteiger partial charge on any atom is 0.261 e. The molecule has 3 rings (SSSR count). The fourth-order valence-corrected chi connectivity index (χ4v) is 4.08. The molecule has 6 nitrogen and oxygen atoms in total. The molecule has 3 aromatic rings. The molecule has 0 saturated heterocycles. The van der Waals surface area contributed by atoms with Crippen LogP contribution in [0.15, 0.2) is 30.3 Å². The largest absolute Gasteiger partial charge is 0.497 e. The van der Waals surface area contributed by atoms with E-state index in [0.29, 0.717) is 11.4 Å². The van der Waals surface area contributed by atoms with Gasteiger partial charge in [-0.05, 0) is 44.8 Å². The molecule has 1 N–H and O–H groups in total. The summed E-state index contributed by atoms with van der Waals surface area (Å²) in [5.41, 5.74) is 2.05. The summed E-state index contributed by atoms with van der Waals surface area (Å²) in [5.74, 6) is 0.758. The highest BCUT2D eigenvalue weighted by Crippen LogP contribution is 2.28. The van der Waals surface area contributed by atoms with Gasteiger partial charge in [-0.1, -0.05) is 12.1 Å². The van der Waals surface area contributed by atoms with Crippen molar-refractivity contribution in [2.24, 2.45) is 7.05 Å². The number of benzene rings is 1. The van der Waals surface area contributed by atoms with Crippen LogP contribution in [0.4, 0.5) is 0 Å². The SMILES string of the molecule is COc1cccc(C(CNC(=O)c2cc3c(C)nn(C)c3s2)N(C)C)c1. The number of aryl methyl sites for hydroxylation is 2. The Hall–Kier alpha value is -2.38. The molecule has 1 aromatic carbocycles. The molecule has 0 spiro atoms. The summed E-state index contributed by atoms with van der Waals surface area (Å²) < 4.78 is 7.14. The summed E-state index contributed by atoms with van der Waals surface area (Å²) in [4.78, 5) is 16.5. The second-order valence-corrected chi connectivity index (χ2v) is 7.54. The van der Waals surface area contributed by atoms with Crippen molar-refractivity contribution in [2.75, 3.05) is 27.7 Å². The number of amides is 1. The van der Waals surface area contributed by atoms with Crippen molar-refractivity contribution < 1.29 is 9.53 Å². The predicted molar refractivity (Wildman–Crippen MR) is 105 cm³/mol. The van der Waals surface area contributed by atoms with E-state index in [1.165, 1.54) is 11.3 Å². The molecule has 0 fully saturated rings. The van der Waals surface area contributed by atoms with Crippen LogP contribution >= 0.6 is 11.3 Å². The Kier molecular flexibility index (Phi) is 5.29. The molecule has 2 aromatic heterocycles. The number of carbonyl (C=O) groups excluding carboxylic acids is 1. The maximum absolute atomic E-state index is 12.6. The van der Waals surface area contributed by atoms with Crippen molar-refractivity contribution >= 4 is 27.5 Å². The maximum atomic E-state index is 12.6. The fourth-order valence-electron chi connectivity index (χ4n) is 3.04. The molecule has 1 atom stereocenters. The lowest BCUT2D eigenvalue weighted by Crippen LogP contribution is -2.34. The van der Waals surface area contributed by atoms with E-state index in [1.54, 1.807) is 7.11 Å². The molecular weight excluding hydrogens is 348 g/mol. The van der Waals surface area contributed by atoms with Gasteiger partial charge in [0.15, 0.2) is 0 Å². The van der Waals surface area contributed by atoms with Crippen molar-refractivity contribution in [1.29, 1.82) is 0 Å². The summed E-state index contributed by atoms with van der Waals surface area (Å²) in [6, 6.07) is 9.93. The molecule has 0 aliphatic heterocycles. The first-order valence-electron chi connectivity index (χ1n) is 8.42. The number of rotatable bonds is 6. The third-order valence-corrected chi connectivity index (χ3v) is 5.68. The summed E-state index contributed by atoms with van der Waals surface area (Å²) >= 11 is 1.47. The summed E-state index contributed by atoms with van der Waals surface area (Å²) in [7, 11) is 7.57. The average molecular weight is 372 g/mol. The topological polar surface area (TPSA) is 59.4 Å². The molecule has 1 unspecified atom stereocenters. The van der Waals surface area contributed by atoms with E-state index < -0.39 is 0 Å². The Morgan fingerprint density at radius 2 is 2.15 bits per heavy atom. The lowest BCUT2D eigenvalue weighted by atomic mass is 10.1. The number of likely N-dealkylation sites (N-methyl/N-ethyl adjacent to an activating group) is 1. The van der Waals surface area contributed by atoms with Gasteiger partial charge in [-0.15, -0.1) is 11.3 Å². The Balaban J connectivity index is 1.75. The molecule has 0 saturated carbocycles. The monoisotopic (exact) mass is 372 g/mol. The van der Waals surface area contributed by atoms with Gasteiger partial charge < -0.3 is 15.0 Å². The van der Waals surface area contributed by atoms with E-state index in [1.807, 2.05) is 63.1 Å². The van der Waals surface area contributed by atoms with Crippen LogP contribution in [-0.4, -0.2) is 48.3 Å². The number of ether oxygens (including phenoxy) is 1. The van der Waals surface area contributed by atoms with Crippen LogP contribution in [0.3, 0.4) is 0 Å². The molecule has 1 amide bonds. The standard InChI is InChI=1S/C19H24N4O2S/c1-12-15-10-17(26-19(15)23(4)21-12)18(24)20-11-16(22(2)3)13-7-6-8-14(9-13)25-5/h6-10,16H,11H2,1-5H3,(H,20,24). The number of hydrogen-bond acceptors (Lipinski definition) is 5.